The number of hydrogen-bond acceptors (Lipinski definition) is 3. The molecule has 0 aliphatic carbocycles. The maximum absolute atomic E-state index is 10.4. The van der Waals surface area contributed by atoms with Crippen molar-refractivity contribution in [1.82, 2.24) is 4.98 Å². The molecule has 1 aromatic carbocycles. The van der Waals surface area contributed by atoms with Crippen molar-refractivity contribution in [3.63, 3.8) is 0 Å². The minimum Gasteiger partial charge on any atom is -0.481 e. The van der Waals surface area contributed by atoms with Crippen molar-refractivity contribution in [3.05, 3.63) is 29.3 Å². The lowest BCUT2D eigenvalue weighted by molar-refractivity contribution is -0.137. The highest BCUT2D eigenvalue weighted by Gasteiger charge is 2.03. The summed E-state index contributed by atoms with van der Waals surface area (Å²) in [6.07, 6.45) is 9.46. The number of fused-ring (bicyclic) bond motifs is 1. The standard InChI is InChI=1S/C17H23NO2S/c19-16(20)12-7-5-3-1-2-4-6-9-14-10-8-11-15-17(14)21-13-18-15/h8,10-11,13H,1-7,9,12H2,(H,19,20). The fraction of sp³-hybridized carbons (Fsp3) is 0.529. The second-order valence-electron chi connectivity index (χ2n) is 5.49. The summed E-state index contributed by atoms with van der Waals surface area (Å²) in [6.45, 7) is 0. The van der Waals surface area contributed by atoms with Crippen LogP contribution in [0.1, 0.15) is 56.9 Å². The molecule has 0 fully saturated rings. The predicted octanol–water partition coefficient (Wildman–Crippen LogP) is 5.04. The van der Waals surface area contributed by atoms with Crippen molar-refractivity contribution in [2.24, 2.45) is 0 Å². The number of carbonyl (C=O) groups is 1. The van der Waals surface area contributed by atoms with Crippen LogP contribution in [0.15, 0.2) is 23.7 Å². The Hall–Kier alpha value is -1.42. The monoisotopic (exact) mass is 305 g/mol. The van der Waals surface area contributed by atoms with Gasteiger partial charge in [0.1, 0.15) is 0 Å². The van der Waals surface area contributed by atoms with Gasteiger partial charge in [0.2, 0.25) is 0 Å². The minimum absolute atomic E-state index is 0.318. The van der Waals surface area contributed by atoms with Gasteiger partial charge in [-0.15, -0.1) is 11.3 Å². The van der Waals surface area contributed by atoms with E-state index in [1.807, 2.05) is 5.51 Å². The fourth-order valence-corrected chi connectivity index (χ4v) is 3.45. The molecular formula is C17H23NO2S. The molecule has 1 N–H and O–H groups in total. The van der Waals surface area contributed by atoms with Crippen molar-refractivity contribution in [2.75, 3.05) is 0 Å². The Morgan fingerprint density at radius 2 is 1.76 bits per heavy atom. The third-order valence-corrected chi connectivity index (χ3v) is 4.69. The first-order chi connectivity index (χ1) is 10.3. The molecule has 0 saturated heterocycles. The number of carboxylic acids is 1. The summed E-state index contributed by atoms with van der Waals surface area (Å²) in [5.74, 6) is -0.674. The van der Waals surface area contributed by atoms with Gasteiger partial charge in [-0.3, -0.25) is 4.79 Å². The number of aliphatic carboxylic acids is 1. The molecule has 1 heterocycles. The van der Waals surface area contributed by atoms with Gasteiger partial charge >= 0.3 is 5.97 Å². The average molecular weight is 305 g/mol. The smallest absolute Gasteiger partial charge is 0.303 e. The Kier molecular flexibility index (Phi) is 6.67. The fourth-order valence-electron chi connectivity index (χ4n) is 2.62. The number of aryl methyl sites for hydroxylation is 1. The summed E-state index contributed by atoms with van der Waals surface area (Å²) in [5, 5.41) is 8.55. The number of hydrogen-bond donors (Lipinski definition) is 1. The summed E-state index contributed by atoms with van der Waals surface area (Å²) < 4.78 is 1.34. The number of nitrogens with zero attached hydrogens (tertiary/aromatic N) is 1. The summed E-state index contributed by atoms with van der Waals surface area (Å²) in [6, 6.07) is 6.39. The zero-order valence-corrected chi connectivity index (χ0v) is 13.2. The average Bonchev–Trinajstić information content (AvgIpc) is 2.94. The number of rotatable bonds is 10. The van der Waals surface area contributed by atoms with E-state index in [4.69, 9.17) is 5.11 Å². The lowest BCUT2D eigenvalue weighted by Crippen LogP contribution is -1.93. The van der Waals surface area contributed by atoms with Gasteiger partial charge in [-0.2, -0.15) is 0 Å². The molecule has 0 radical (unpaired) electrons. The molecular weight excluding hydrogens is 282 g/mol. The molecule has 1 aromatic heterocycles. The largest absolute Gasteiger partial charge is 0.481 e. The van der Waals surface area contributed by atoms with Gasteiger partial charge in [-0.25, -0.2) is 4.98 Å². The molecule has 0 aliphatic rings. The molecule has 0 aliphatic heterocycles. The van der Waals surface area contributed by atoms with E-state index in [-0.39, 0.29) is 0 Å². The van der Waals surface area contributed by atoms with Crippen LogP contribution in [0.3, 0.4) is 0 Å². The Morgan fingerprint density at radius 1 is 1.05 bits per heavy atom. The highest BCUT2D eigenvalue weighted by atomic mass is 32.1. The lowest BCUT2D eigenvalue weighted by Gasteiger charge is -2.03. The van der Waals surface area contributed by atoms with Crippen molar-refractivity contribution >= 4 is 27.5 Å². The molecule has 2 rings (SSSR count). The molecule has 4 heteroatoms. The summed E-state index contributed by atoms with van der Waals surface area (Å²) in [5.41, 5.74) is 4.47. The van der Waals surface area contributed by atoms with Crippen molar-refractivity contribution < 1.29 is 9.90 Å². The highest BCUT2D eigenvalue weighted by molar-refractivity contribution is 7.16. The third-order valence-electron chi connectivity index (χ3n) is 3.77. The van der Waals surface area contributed by atoms with Gasteiger partial charge in [0.05, 0.1) is 15.7 Å². The molecule has 0 bridgehead atoms. The normalized spacial score (nSPS) is 11.0. The van der Waals surface area contributed by atoms with E-state index in [2.05, 4.69) is 23.2 Å². The molecule has 0 amide bonds. The van der Waals surface area contributed by atoms with E-state index < -0.39 is 5.97 Å². The van der Waals surface area contributed by atoms with Gasteiger partial charge in [0, 0.05) is 6.42 Å². The Labute approximate surface area is 130 Å². The van der Waals surface area contributed by atoms with E-state index in [0.29, 0.717) is 6.42 Å². The first-order valence-corrected chi connectivity index (χ1v) is 8.68. The van der Waals surface area contributed by atoms with Crippen LogP contribution in [-0.2, 0) is 11.2 Å². The zero-order chi connectivity index (χ0) is 14.9. The second kappa shape index (κ2) is 8.78. The second-order valence-corrected chi connectivity index (χ2v) is 6.34. The van der Waals surface area contributed by atoms with Crippen molar-refractivity contribution in [1.29, 1.82) is 0 Å². The summed E-state index contributed by atoms with van der Waals surface area (Å²) in [4.78, 5) is 14.7. The van der Waals surface area contributed by atoms with E-state index in [1.165, 1.54) is 35.9 Å². The summed E-state index contributed by atoms with van der Waals surface area (Å²) >= 11 is 1.73. The van der Waals surface area contributed by atoms with E-state index in [9.17, 15) is 4.79 Å². The third kappa shape index (κ3) is 5.46. The van der Waals surface area contributed by atoms with Gasteiger partial charge in [0.15, 0.2) is 0 Å². The first kappa shape index (κ1) is 16.0. The van der Waals surface area contributed by atoms with Gasteiger partial charge in [-0.1, -0.05) is 44.2 Å². The van der Waals surface area contributed by atoms with Gasteiger partial charge < -0.3 is 5.11 Å². The molecule has 0 spiro atoms. The molecule has 114 valence electrons. The Bertz CT molecular complexity index is 565. The molecule has 0 atom stereocenters. The number of carboxylic acid groups (broad SMARTS) is 1. The highest BCUT2D eigenvalue weighted by Crippen LogP contribution is 2.23. The van der Waals surface area contributed by atoms with Crippen LogP contribution >= 0.6 is 11.3 Å². The number of benzene rings is 1. The van der Waals surface area contributed by atoms with Crippen LogP contribution in [0.5, 0.6) is 0 Å². The maximum Gasteiger partial charge on any atom is 0.303 e. The summed E-state index contributed by atoms with van der Waals surface area (Å²) in [7, 11) is 0. The van der Waals surface area contributed by atoms with Crippen LogP contribution in [0.2, 0.25) is 0 Å². The number of aromatic nitrogens is 1. The number of thiazole rings is 1. The first-order valence-electron chi connectivity index (χ1n) is 7.80. The van der Waals surface area contributed by atoms with Crippen LogP contribution in [0.4, 0.5) is 0 Å². The van der Waals surface area contributed by atoms with E-state index >= 15 is 0 Å². The Morgan fingerprint density at radius 3 is 2.52 bits per heavy atom. The van der Waals surface area contributed by atoms with Crippen LogP contribution in [-0.4, -0.2) is 16.1 Å². The van der Waals surface area contributed by atoms with E-state index in [1.54, 1.807) is 11.3 Å². The molecule has 0 saturated carbocycles. The van der Waals surface area contributed by atoms with Crippen molar-refractivity contribution in [3.8, 4) is 0 Å². The van der Waals surface area contributed by atoms with Crippen LogP contribution in [0.25, 0.3) is 10.2 Å². The van der Waals surface area contributed by atoms with Crippen LogP contribution < -0.4 is 0 Å². The quantitative estimate of drug-likeness (QED) is 0.625. The van der Waals surface area contributed by atoms with Gasteiger partial charge in [0.25, 0.3) is 0 Å². The van der Waals surface area contributed by atoms with Gasteiger partial charge in [-0.05, 0) is 30.9 Å². The topological polar surface area (TPSA) is 50.2 Å². The molecule has 21 heavy (non-hydrogen) atoms. The minimum atomic E-state index is -0.674. The van der Waals surface area contributed by atoms with Crippen molar-refractivity contribution in [2.45, 2.75) is 57.8 Å². The maximum atomic E-state index is 10.4. The molecule has 0 unspecified atom stereocenters. The zero-order valence-electron chi connectivity index (χ0n) is 12.4. The van der Waals surface area contributed by atoms with Crippen LogP contribution in [0, 0.1) is 0 Å². The number of unbranched alkanes of at least 4 members (excludes halogenated alkanes) is 6. The SMILES string of the molecule is O=C(O)CCCCCCCCCc1cccc2ncsc12. The Balaban J connectivity index is 1.56. The lowest BCUT2D eigenvalue weighted by atomic mass is 10.0. The van der Waals surface area contributed by atoms with E-state index in [0.717, 1.165) is 31.2 Å². The predicted molar refractivity (Wildman–Crippen MR) is 87.9 cm³/mol. The molecule has 2 aromatic rings. The molecule has 3 nitrogen and oxygen atoms in total.